The molecular formula is C4H7NNaO. The summed E-state index contributed by atoms with van der Waals surface area (Å²) < 4.78 is 0. The summed E-state index contributed by atoms with van der Waals surface area (Å²) in [4.78, 5) is 9.89. The zero-order valence-electron chi connectivity index (χ0n) is 3.40. The summed E-state index contributed by atoms with van der Waals surface area (Å²) in [5.74, 6) is -0.255. The molecule has 0 unspecified atom stereocenters. The van der Waals surface area contributed by atoms with Gasteiger partial charge in [0.05, 0.1) is 0 Å². The molecule has 0 aromatic heterocycles. The maximum atomic E-state index is 9.89. The van der Waals surface area contributed by atoms with Crippen molar-refractivity contribution in [1.29, 1.82) is 0 Å². The molecule has 0 atom stereocenters. The predicted molar refractivity (Wildman–Crippen MR) is 30.8 cm³/mol. The summed E-state index contributed by atoms with van der Waals surface area (Å²) in [6, 6.07) is 0. The Morgan fingerprint density at radius 2 is 2.14 bits per heavy atom. The van der Waals surface area contributed by atoms with E-state index in [0.29, 0.717) is 0 Å². The van der Waals surface area contributed by atoms with E-state index in [1.165, 1.54) is 0 Å². The average molecular weight is 108 g/mol. The third-order valence-corrected chi connectivity index (χ3v) is 0.360. The quantitative estimate of drug-likeness (QED) is 0.354. The molecular weight excluding hydrogens is 101 g/mol. The van der Waals surface area contributed by atoms with Gasteiger partial charge in [-0.2, -0.15) is 0 Å². The molecule has 1 N–H and O–H groups in total. The van der Waals surface area contributed by atoms with Crippen molar-refractivity contribution in [2.75, 3.05) is 0 Å². The molecule has 2 nitrogen and oxygen atoms in total. The summed E-state index contributed by atoms with van der Waals surface area (Å²) in [7, 11) is 3.09. The Balaban J connectivity index is 0. The van der Waals surface area contributed by atoms with E-state index in [1.54, 1.807) is 0 Å². The molecule has 0 aromatic carbocycles. The second kappa shape index (κ2) is 6.21. The van der Waals surface area contributed by atoms with Gasteiger partial charge in [-0.25, -0.2) is 0 Å². The van der Waals surface area contributed by atoms with Crippen molar-refractivity contribution in [1.82, 2.24) is 5.32 Å². The van der Waals surface area contributed by atoms with E-state index < -0.39 is 0 Å². The van der Waals surface area contributed by atoms with Crippen molar-refractivity contribution in [2.45, 2.75) is 0 Å². The molecule has 0 saturated carbocycles. The third kappa shape index (κ3) is 6.21. The number of hydrogen-bond donors (Lipinski definition) is 1. The summed E-state index contributed by atoms with van der Waals surface area (Å²) in [6.07, 6.45) is 1.16. The van der Waals surface area contributed by atoms with Crippen LogP contribution >= 0.6 is 0 Å². The summed E-state index contributed by atoms with van der Waals surface area (Å²) in [6.45, 7) is 3.18. The van der Waals surface area contributed by atoms with Crippen LogP contribution < -0.4 is 5.32 Å². The van der Waals surface area contributed by atoms with E-state index >= 15 is 0 Å². The topological polar surface area (TPSA) is 29.1 Å². The molecule has 0 rings (SSSR count). The molecule has 0 aliphatic rings. The standard InChI is InChI=1S/C4H6NO.Na.H/c1-3-4(6)5-2;;/h3H,1-2H2,(H,5,6);;. The summed E-state index contributed by atoms with van der Waals surface area (Å²) in [5, 5.41) is 2.11. The Bertz CT molecular complexity index is 72.1. The summed E-state index contributed by atoms with van der Waals surface area (Å²) in [5.41, 5.74) is 0. The fourth-order valence-corrected chi connectivity index (χ4v) is 0.0722. The third-order valence-electron chi connectivity index (χ3n) is 0.360. The van der Waals surface area contributed by atoms with Crippen molar-refractivity contribution < 1.29 is 4.79 Å². The average Bonchev–Trinajstić information content (AvgIpc) is 1.65. The van der Waals surface area contributed by atoms with Crippen LogP contribution in [-0.2, 0) is 4.79 Å². The molecule has 0 spiro atoms. The zero-order chi connectivity index (χ0) is 4.99. The molecule has 0 aliphatic carbocycles. The van der Waals surface area contributed by atoms with Gasteiger partial charge in [0.25, 0.3) is 0 Å². The molecule has 0 fully saturated rings. The molecule has 0 aliphatic heterocycles. The van der Waals surface area contributed by atoms with Crippen molar-refractivity contribution in [2.24, 2.45) is 0 Å². The van der Waals surface area contributed by atoms with E-state index in [9.17, 15) is 4.79 Å². The van der Waals surface area contributed by atoms with Crippen LogP contribution in [0.5, 0.6) is 0 Å². The minimum absolute atomic E-state index is 0. The van der Waals surface area contributed by atoms with Gasteiger partial charge in [0, 0.05) is 7.05 Å². The van der Waals surface area contributed by atoms with E-state index in [2.05, 4.69) is 18.9 Å². The molecule has 35 valence electrons. The predicted octanol–water partition coefficient (Wildman–Crippen LogP) is -0.568. The van der Waals surface area contributed by atoms with E-state index in [0.717, 1.165) is 6.08 Å². The van der Waals surface area contributed by atoms with Gasteiger partial charge in [-0.05, 0) is 6.08 Å². The van der Waals surface area contributed by atoms with Crippen LogP contribution in [0.2, 0.25) is 0 Å². The summed E-state index contributed by atoms with van der Waals surface area (Å²) >= 11 is 0. The van der Waals surface area contributed by atoms with Crippen LogP contribution in [0.1, 0.15) is 0 Å². The Morgan fingerprint density at radius 1 is 1.71 bits per heavy atom. The van der Waals surface area contributed by atoms with Crippen molar-refractivity contribution in [3.63, 3.8) is 0 Å². The number of amides is 1. The van der Waals surface area contributed by atoms with Crippen LogP contribution in [0.25, 0.3) is 0 Å². The van der Waals surface area contributed by atoms with Gasteiger partial charge in [-0.1, -0.05) is 6.58 Å². The first-order valence-electron chi connectivity index (χ1n) is 1.50. The fourth-order valence-electron chi connectivity index (χ4n) is 0.0722. The van der Waals surface area contributed by atoms with Gasteiger partial charge < -0.3 is 5.32 Å². The number of carbonyl (C=O) groups is 1. The zero-order valence-corrected chi connectivity index (χ0v) is 3.40. The van der Waals surface area contributed by atoms with Crippen LogP contribution in [0.3, 0.4) is 0 Å². The first kappa shape index (κ1) is 10.2. The van der Waals surface area contributed by atoms with E-state index in [4.69, 9.17) is 0 Å². The normalized spacial score (nSPS) is 5.86. The van der Waals surface area contributed by atoms with Crippen LogP contribution in [0.4, 0.5) is 0 Å². The van der Waals surface area contributed by atoms with Gasteiger partial charge in [0.1, 0.15) is 0 Å². The number of nitrogens with one attached hydrogen (secondary N) is 1. The van der Waals surface area contributed by atoms with Gasteiger partial charge >= 0.3 is 29.6 Å². The Morgan fingerprint density at radius 3 is 2.14 bits per heavy atom. The molecule has 7 heavy (non-hydrogen) atoms. The maximum absolute atomic E-state index is 9.89. The Kier molecular flexibility index (Phi) is 9.09. The first-order valence-corrected chi connectivity index (χ1v) is 1.50. The fraction of sp³-hybridized carbons (Fsp3) is 0. The van der Waals surface area contributed by atoms with Crippen molar-refractivity contribution >= 4 is 35.5 Å². The van der Waals surface area contributed by atoms with E-state index in [-0.39, 0.29) is 35.5 Å². The molecule has 3 heteroatoms. The number of hydrogen-bond acceptors (Lipinski definition) is 1. The van der Waals surface area contributed by atoms with Crippen molar-refractivity contribution in [3.8, 4) is 0 Å². The number of carbonyl (C=O) groups excluding carboxylic acids is 1. The van der Waals surface area contributed by atoms with Crippen LogP contribution in [0, 0.1) is 7.05 Å². The molecule has 0 aromatic rings. The molecule has 0 bridgehead atoms. The van der Waals surface area contributed by atoms with E-state index in [1.807, 2.05) is 0 Å². The van der Waals surface area contributed by atoms with Gasteiger partial charge in [0.2, 0.25) is 5.91 Å². The van der Waals surface area contributed by atoms with Gasteiger partial charge in [-0.3, -0.25) is 4.79 Å². The van der Waals surface area contributed by atoms with Gasteiger partial charge in [0.15, 0.2) is 0 Å². The van der Waals surface area contributed by atoms with Crippen molar-refractivity contribution in [3.05, 3.63) is 19.7 Å². The van der Waals surface area contributed by atoms with Crippen LogP contribution in [-0.4, -0.2) is 35.5 Å². The Labute approximate surface area is 65.3 Å². The molecule has 1 radical (unpaired) electrons. The first-order chi connectivity index (χ1) is 2.81. The monoisotopic (exact) mass is 108 g/mol. The molecule has 1 amide bonds. The Hall–Kier alpha value is 0.210. The number of rotatable bonds is 1. The molecule has 0 saturated heterocycles. The molecule has 0 heterocycles. The second-order valence-corrected chi connectivity index (χ2v) is 0.745. The SMILES string of the molecule is [CH2]NC(=O)C=C.[NaH]. The minimum atomic E-state index is -0.255. The van der Waals surface area contributed by atoms with Gasteiger partial charge in [-0.15, -0.1) is 0 Å². The second-order valence-electron chi connectivity index (χ2n) is 0.745. The van der Waals surface area contributed by atoms with Crippen LogP contribution in [0.15, 0.2) is 12.7 Å².